The minimum atomic E-state index is -0.480. The predicted molar refractivity (Wildman–Crippen MR) is 133 cm³/mol. The van der Waals surface area contributed by atoms with Crippen molar-refractivity contribution < 1.29 is 14.1 Å². The van der Waals surface area contributed by atoms with Gasteiger partial charge in [-0.05, 0) is 49.2 Å². The number of aryl methyl sites for hydroxylation is 1. The van der Waals surface area contributed by atoms with Crippen LogP contribution in [-0.2, 0) is 13.0 Å². The second-order valence-electron chi connectivity index (χ2n) is 9.09. The van der Waals surface area contributed by atoms with Crippen molar-refractivity contribution in [2.75, 3.05) is 49.1 Å². The lowest BCUT2D eigenvalue weighted by Gasteiger charge is -2.37. The molecule has 0 atom stereocenters. The van der Waals surface area contributed by atoms with Crippen molar-refractivity contribution in [3.63, 3.8) is 0 Å². The van der Waals surface area contributed by atoms with Crippen molar-refractivity contribution in [1.29, 1.82) is 0 Å². The van der Waals surface area contributed by atoms with Gasteiger partial charge in [0.2, 0.25) is 5.95 Å². The van der Waals surface area contributed by atoms with Crippen molar-refractivity contribution in [2.45, 2.75) is 25.8 Å². The Balaban J connectivity index is 1.30. The van der Waals surface area contributed by atoms with Gasteiger partial charge in [0.25, 0.3) is 11.6 Å². The third kappa shape index (κ3) is 5.06. The van der Waals surface area contributed by atoms with Gasteiger partial charge < -0.3 is 4.90 Å². The summed E-state index contributed by atoms with van der Waals surface area (Å²) in [4.78, 5) is 30.3. The fourth-order valence-corrected chi connectivity index (χ4v) is 4.79. The maximum atomic E-state index is 13.6. The number of hydrogen-bond acceptors (Lipinski definition) is 7. The summed E-state index contributed by atoms with van der Waals surface area (Å²) in [6.07, 6.45) is 2.88. The number of amides is 1. The quantitative estimate of drug-likeness (QED) is 0.368. The maximum absolute atomic E-state index is 13.6. The maximum Gasteiger partial charge on any atom is 0.269 e. The van der Waals surface area contributed by atoms with Crippen molar-refractivity contribution in [3.05, 3.63) is 75.9 Å². The summed E-state index contributed by atoms with van der Waals surface area (Å²) in [5.74, 6) is 0.908. The lowest BCUT2D eigenvalue weighted by molar-refractivity contribution is -0.384. The highest BCUT2D eigenvalue weighted by molar-refractivity contribution is 6.05. The van der Waals surface area contributed by atoms with Crippen LogP contribution in [-0.4, -0.2) is 69.8 Å². The monoisotopic (exact) mass is 493 g/mol. The number of piperazine rings is 1. The van der Waals surface area contributed by atoms with Gasteiger partial charge in [-0.1, -0.05) is 0 Å². The van der Waals surface area contributed by atoms with Crippen molar-refractivity contribution in [1.82, 2.24) is 19.7 Å². The van der Waals surface area contributed by atoms with Crippen LogP contribution in [0.4, 0.5) is 21.7 Å². The van der Waals surface area contributed by atoms with E-state index in [9.17, 15) is 19.3 Å². The molecule has 3 aromatic rings. The van der Waals surface area contributed by atoms with E-state index in [2.05, 4.69) is 20.0 Å². The normalized spacial score (nSPS) is 16.0. The molecule has 11 heteroatoms. The summed E-state index contributed by atoms with van der Waals surface area (Å²) < 4.78 is 15.3. The molecule has 188 valence electrons. The Hall–Kier alpha value is -3.86. The van der Waals surface area contributed by atoms with Gasteiger partial charge in [-0.25, -0.2) is 4.39 Å². The number of benzene rings is 2. The van der Waals surface area contributed by atoms with Crippen molar-refractivity contribution in [2.24, 2.45) is 0 Å². The minimum Gasteiger partial charge on any atom is -0.369 e. The zero-order valence-electron chi connectivity index (χ0n) is 19.9. The lowest BCUT2D eigenvalue weighted by Crippen LogP contribution is -2.49. The summed E-state index contributed by atoms with van der Waals surface area (Å²) in [5.41, 5.74) is 1.31. The van der Waals surface area contributed by atoms with Crippen LogP contribution in [0.1, 0.15) is 29.0 Å². The molecule has 1 fully saturated rings. The van der Waals surface area contributed by atoms with Gasteiger partial charge in [-0.15, -0.1) is 10.2 Å². The molecule has 0 unspecified atom stereocenters. The second kappa shape index (κ2) is 10.4. The first-order valence-corrected chi connectivity index (χ1v) is 12.2. The molecule has 2 aliphatic heterocycles. The predicted octanol–water partition coefficient (Wildman–Crippen LogP) is 3.13. The number of rotatable bonds is 7. The number of nitrogens with zero attached hydrogens (tertiary/aromatic N) is 7. The first-order valence-electron chi connectivity index (χ1n) is 12.2. The van der Waals surface area contributed by atoms with Gasteiger partial charge in [-0.2, -0.15) is 0 Å². The average molecular weight is 494 g/mol. The van der Waals surface area contributed by atoms with Crippen LogP contribution in [0.25, 0.3) is 0 Å². The molecule has 0 spiro atoms. The van der Waals surface area contributed by atoms with Gasteiger partial charge >= 0.3 is 0 Å². The van der Waals surface area contributed by atoms with Crippen LogP contribution in [0.5, 0.6) is 0 Å². The zero-order chi connectivity index (χ0) is 25.1. The van der Waals surface area contributed by atoms with Gasteiger partial charge in [-0.3, -0.25) is 29.3 Å². The Kier molecular flexibility index (Phi) is 6.90. The molecular weight excluding hydrogens is 465 g/mol. The Morgan fingerprint density at radius 1 is 0.972 bits per heavy atom. The number of aromatic nitrogens is 3. The first kappa shape index (κ1) is 23.9. The number of carbonyl (C=O) groups is 1. The Morgan fingerprint density at radius 2 is 1.69 bits per heavy atom. The van der Waals surface area contributed by atoms with Gasteiger partial charge in [0, 0.05) is 75.6 Å². The molecule has 1 amide bonds. The van der Waals surface area contributed by atoms with Crippen molar-refractivity contribution in [3.8, 4) is 0 Å². The van der Waals surface area contributed by atoms with Crippen LogP contribution < -0.4 is 9.80 Å². The largest absolute Gasteiger partial charge is 0.369 e. The Morgan fingerprint density at radius 3 is 2.39 bits per heavy atom. The minimum absolute atomic E-state index is 0.0583. The Labute approximate surface area is 208 Å². The molecule has 5 rings (SSSR count). The zero-order valence-corrected chi connectivity index (χ0v) is 19.9. The van der Waals surface area contributed by atoms with Crippen LogP contribution >= 0.6 is 0 Å². The molecule has 0 aliphatic carbocycles. The van der Waals surface area contributed by atoms with Crippen LogP contribution in [0.2, 0.25) is 0 Å². The molecule has 0 N–H and O–H groups in total. The molecule has 2 aromatic carbocycles. The topological polar surface area (TPSA) is 101 Å². The summed E-state index contributed by atoms with van der Waals surface area (Å²) in [6, 6.07) is 12.2. The standard InChI is InChI=1S/C25H28FN7O3/c26-20-6-10-21(11-7-20)30-16-13-29(14-17-30)15-18-32(25-28-27-23-3-1-2-12-31(23)25)24(34)19-4-8-22(9-5-19)33(35)36/h4-11H,1-3,12-18H2. The average Bonchev–Trinajstić information content (AvgIpc) is 3.33. The first-order chi connectivity index (χ1) is 17.5. The smallest absolute Gasteiger partial charge is 0.269 e. The number of hydrogen-bond donors (Lipinski definition) is 0. The van der Waals surface area contributed by atoms with Crippen LogP contribution in [0.3, 0.4) is 0 Å². The molecule has 0 bridgehead atoms. The SMILES string of the molecule is O=C(c1ccc([N+](=O)[O-])cc1)N(CCN1CCN(c2ccc(F)cc2)CC1)c1nnc2n1CCCC2. The van der Waals surface area contributed by atoms with E-state index in [0.717, 1.165) is 63.5 Å². The van der Waals surface area contributed by atoms with Crippen LogP contribution in [0.15, 0.2) is 48.5 Å². The highest BCUT2D eigenvalue weighted by atomic mass is 19.1. The third-order valence-electron chi connectivity index (χ3n) is 6.86. The molecule has 0 radical (unpaired) electrons. The van der Waals surface area contributed by atoms with E-state index in [-0.39, 0.29) is 17.4 Å². The van der Waals surface area contributed by atoms with Gasteiger partial charge in [0.15, 0.2) is 0 Å². The molecule has 0 saturated carbocycles. The summed E-state index contributed by atoms with van der Waals surface area (Å²) in [6.45, 7) is 5.08. The number of carbonyl (C=O) groups excluding carboxylic acids is 1. The third-order valence-corrected chi connectivity index (χ3v) is 6.86. The number of non-ortho nitro benzene ring substituents is 1. The van der Waals surface area contributed by atoms with Crippen LogP contribution in [0, 0.1) is 15.9 Å². The Bertz CT molecular complexity index is 1220. The summed E-state index contributed by atoms with van der Waals surface area (Å²) in [5, 5.41) is 19.7. The van der Waals surface area contributed by atoms with E-state index >= 15 is 0 Å². The number of halogens is 1. The molecule has 10 nitrogen and oxygen atoms in total. The van der Waals surface area contributed by atoms with E-state index < -0.39 is 4.92 Å². The van der Waals surface area contributed by atoms with E-state index in [1.165, 1.54) is 36.4 Å². The highest BCUT2D eigenvalue weighted by Gasteiger charge is 2.27. The van der Waals surface area contributed by atoms with Gasteiger partial charge in [0.1, 0.15) is 11.6 Å². The van der Waals surface area contributed by atoms with E-state index in [4.69, 9.17) is 0 Å². The van der Waals surface area contributed by atoms with E-state index in [1.807, 2.05) is 4.57 Å². The van der Waals surface area contributed by atoms with E-state index in [0.29, 0.717) is 24.6 Å². The molecule has 1 saturated heterocycles. The van der Waals surface area contributed by atoms with Crippen molar-refractivity contribution >= 4 is 23.2 Å². The molecule has 3 heterocycles. The van der Waals surface area contributed by atoms with E-state index in [1.54, 1.807) is 17.0 Å². The second-order valence-corrected chi connectivity index (χ2v) is 9.09. The number of nitro groups is 1. The summed E-state index contributed by atoms with van der Waals surface area (Å²) in [7, 11) is 0. The number of fused-ring (bicyclic) bond motifs is 1. The molecule has 36 heavy (non-hydrogen) atoms. The molecule has 1 aromatic heterocycles. The number of anilines is 2. The fourth-order valence-electron chi connectivity index (χ4n) is 4.79. The van der Waals surface area contributed by atoms with Gasteiger partial charge in [0.05, 0.1) is 4.92 Å². The lowest BCUT2D eigenvalue weighted by atomic mass is 10.1. The molecule has 2 aliphatic rings. The fraction of sp³-hybridized carbons (Fsp3) is 0.400. The summed E-state index contributed by atoms with van der Waals surface area (Å²) >= 11 is 0. The number of nitro benzene ring substituents is 1. The highest BCUT2D eigenvalue weighted by Crippen LogP contribution is 2.23. The molecular formula is C25H28FN7O3.